The molecule has 3 aromatic rings. The number of halogens is 1. The van der Waals surface area contributed by atoms with Crippen molar-refractivity contribution in [3.63, 3.8) is 0 Å². The van der Waals surface area contributed by atoms with Gasteiger partial charge in [-0.25, -0.2) is 17.5 Å². The van der Waals surface area contributed by atoms with Crippen molar-refractivity contribution in [2.45, 2.75) is 63.1 Å². The summed E-state index contributed by atoms with van der Waals surface area (Å²) in [6.45, 7) is 4.82. The highest BCUT2D eigenvalue weighted by molar-refractivity contribution is 7.89. The molecule has 0 spiro atoms. The number of hydrogen-bond donors (Lipinski definition) is 2. The summed E-state index contributed by atoms with van der Waals surface area (Å²) in [7, 11) is -1.85. The predicted octanol–water partition coefficient (Wildman–Crippen LogP) is 5.20. The first-order valence-corrected chi connectivity index (χ1v) is 16.1. The van der Waals surface area contributed by atoms with Gasteiger partial charge in [-0.05, 0) is 93.1 Å². The Morgan fingerprint density at radius 3 is 2.09 bits per heavy atom. The molecule has 1 fully saturated rings. The van der Waals surface area contributed by atoms with Crippen molar-refractivity contribution in [2.75, 3.05) is 20.2 Å². The third kappa shape index (κ3) is 9.19. The zero-order valence-electron chi connectivity index (χ0n) is 24.9. The fraction of sp³-hybridized carbons (Fsp3) is 0.394. The Morgan fingerprint density at radius 2 is 1.51 bits per heavy atom. The Balaban J connectivity index is 1.26. The van der Waals surface area contributed by atoms with E-state index in [1.807, 2.05) is 43.1 Å². The summed E-state index contributed by atoms with van der Waals surface area (Å²) >= 11 is 0. The number of hydrogen-bond acceptors (Lipinski definition) is 6. The predicted molar refractivity (Wildman–Crippen MR) is 164 cm³/mol. The lowest BCUT2D eigenvalue weighted by atomic mass is 9.85. The second-order valence-corrected chi connectivity index (χ2v) is 12.9. The molecule has 1 amide bonds. The second kappa shape index (κ2) is 14.7. The number of amides is 1. The van der Waals surface area contributed by atoms with E-state index in [1.165, 1.54) is 12.1 Å². The van der Waals surface area contributed by atoms with Crippen LogP contribution < -0.4 is 10.0 Å². The number of ether oxygens (including phenoxy) is 1. The van der Waals surface area contributed by atoms with Gasteiger partial charge in [0.15, 0.2) is 0 Å². The van der Waals surface area contributed by atoms with Gasteiger partial charge < -0.3 is 10.1 Å². The monoisotopic (exact) mass is 609 g/mol. The van der Waals surface area contributed by atoms with Crippen LogP contribution in [0.5, 0.6) is 0 Å². The number of sulfonamides is 1. The van der Waals surface area contributed by atoms with Gasteiger partial charge in [0, 0.05) is 18.5 Å². The molecule has 4 rings (SSSR count). The van der Waals surface area contributed by atoms with Gasteiger partial charge in [-0.2, -0.15) is 0 Å². The fourth-order valence-corrected chi connectivity index (χ4v) is 6.66. The molecular weight excluding hydrogens is 569 g/mol. The van der Waals surface area contributed by atoms with Crippen LogP contribution in [0.4, 0.5) is 4.39 Å². The van der Waals surface area contributed by atoms with E-state index in [2.05, 4.69) is 10.0 Å². The third-order valence-corrected chi connectivity index (χ3v) is 9.29. The van der Waals surface area contributed by atoms with Crippen molar-refractivity contribution in [1.29, 1.82) is 0 Å². The van der Waals surface area contributed by atoms with Gasteiger partial charge in [0.25, 0.3) is 0 Å². The molecule has 0 bridgehead atoms. The Kier molecular flexibility index (Phi) is 11.1. The van der Waals surface area contributed by atoms with Crippen molar-refractivity contribution in [2.24, 2.45) is 5.92 Å². The Hall–Kier alpha value is -3.60. The molecule has 2 N–H and O–H groups in total. The van der Waals surface area contributed by atoms with Crippen LogP contribution in [0.1, 0.15) is 56.7 Å². The molecule has 1 atom stereocenters. The normalized spacial score (nSPS) is 17.8. The van der Waals surface area contributed by atoms with E-state index < -0.39 is 10.0 Å². The van der Waals surface area contributed by atoms with Crippen LogP contribution in [0.25, 0.3) is 11.1 Å². The highest BCUT2D eigenvalue weighted by Gasteiger charge is 2.29. The van der Waals surface area contributed by atoms with E-state index in [0.717, 1.165) is 22.3 Å². The lowest BCUT2D eigenvalue weighted by Crippen LogP contribution is -2.41. The van der Waals surface area contributed by atoms with Gasteiger partial charge in [-0.3, -0.25) is 14.5 Å². The average Bonchev–Trinajstić information content (AvgIpc) is 2.98. The molecule has 1 saturated carbocycles. The standard InChI is InChI=1S/C33H40FN3O5S/c1-4-42-32(38)22-37(3)21-24-5-7-26(8-6-24)27-13-19-31(20-14-27)43(40,41)36-30-17-11-28(12-18-30)33(39)35-23(2)25-9-15-29(34)16-10-25/h5-10,13-16,19-20,23,28,30,36H,4,11-12,17-18,21-22H2,1-3H3,(H,35,39)/t23-,28-,30-/m1/s1. The first kappa shape index (κ1) is 32.3. The number of carbonyl (C=O) groups is 2. The summed E-state index contributed by atoms with van der Waals surface area (Å²) in [4.78, 5) is 26.6. The summed E-state index contributed by atoms with van der Waals surface area (Å²) < 4.78 is 47.2. The minimum Gasteiger partial charge on any atom is -0.465 e. The first-order chi connectivity index (χ1) is 20.5. The van der Waals surface area contributed by atoms with Gasteiger partial charge in [-0.15, -0.1) is 0 Å². The van der Waals surface area contributed by atoms with E-state index in [0.29, 0.717) is 38.8 Å². The van der Waals surface area contributed by atoms with Gasteiger partial charge in [0.1, 0.15) is 5.82 Å². The smallest absolute Gasteiger partial charge is 0.320 e. The molecule has 0 unspecified atom stereocenters. The Morgan fingerprint density at radius 1 is 0.930 bits per heavy atom. The van der Waals surface area contributed by atoms with E-state index in [9.17, 15) is 22.4 Å². The van der Waals surface area contributed by atoms with Crippen LogP contribution in [0.3, 0.4) is 0 Å². The molecule has 0 saturated heterocycles. The van der Waals surface area contributed by atoms with Crippen molar-refractivity contribution in [3.8, 4) is 11.1 Å². The van der Waals surface area contributed by atoms with Crippen LogP contribution >= 0.6 is 0 Å². The van der Waals surface area contributed by atoms with E-state index >= 15 is 0 Å². The topological polar surface area (TPSA) is 105 Å². The molecule has 1 aliphatic rings. The molecular formula is C33H40FN3O5S. The summed E-state index contributed by atoms with van der Waals surface area (Å²) in [5.41, 5.74) is 3.73. The fourth-order valence-electron chi connectivity index (χ4n) is 5.35. The number of carbonyl (C=O) groups excluding carboxylic acids is 2. The van der Waals surface area contributed by atoms with Crippen LogP contribution in [0.15, 0.2) is 77.7 Å². The van der Waals surface area contributed by atoms with Crippen LogP contribution in [-0.2, 0) is 30.9 Å². The minimum absolute atomic E-state index is 0.0644. The zero-order chi connectivity index (χ0) is 31.0. The summed E-state index contributed by atoms with van der Waals surface area (Å²) in [5.74, 6) is -0.827. The summed E-state index contributed by atoms with van der Waals surface area (Å²) in [6, 6.07) is 20.3. The van der Waals surface area contributed by atoms with E-state index in [1.54, 1.807) is 43.3 Å². The maximum absolute atomic E-state index is 13.2. The van der Waals surface area contributed by atoms with Crippen LogP contribution in [-0.4, -0.2) is 51.4 Å². The van der Waals surface area contributed by atoms with Gasteiger partial charge in [0.2, 0.25) is 15.9 Å². The molecule has 0 aromatic heterocycles. The maximum Gasteiger partial charge on any atom is 0.320 e. The van der Waals surface area contributed by atoms with Crippen molar-refractivity contribution >= 4 is 21.9 Å². The van der Waals surface area contributed by atoms with Gasteiger partial charge >= 0.3 is 5.97 Å². The molecule has 10 heteroatoms. The van der Waals surface area contributed by atoms with Crippen LogP contribution in [0, 0.1) is 11.7 Å². The molecule has 0 heterocycles. The van der Waals surface area contributed by atoms with Gasteiger partial charge in [0.05, 0.1) is 24.1 Å². The summed E-state index contributed by atoms with van der Waals surface area (Å²) in [5, 5.41) is 3.00. The van der Waals surface area contributed by atoms with Crippen molar-refractivity contribution in [3.05, 3.63) is 89.7 Å². The SMILES string of the molecule is CCOC(=O)CN(C)Cc1ccc(-c2ccc(S(=O)(=O)N[C@H]3CC[C@H](C(=O)N[C@H](C)c4ccc(F)cc4)CC3)cc2)cc1. The molecule has 43 heavy (non-hydrogen) atoms. The van der Waals surface area contributed by atoms with Crippen LogP contribution in [0.2, 0.25) is 0 Å². The number of nitrogens with zero attached hydrogens (tertiary/aromatic N) is 1. The van der Waals surface area contributed by atoms with Gasteiger partial charge in [-0.1, -0.05) is 48.5 Å². The highest BCUT2D eigenvalue weighted by atomic mass is 32.2. The molecule has 0 aliphatic heterocycles. The number of likely N-dealkylation sites (N-methyl/N-ethyl adjacent to an activating group) is 1. The quantitative estimate of drug-likeness (QED) is 0.274. The lowest BCUT2D eigenvalue weighted by molar-refractivity contribution is -0.144. The molecule has 230 valence electrons. The number of benzene rings is 3. The van der Waals surface area contributed by atoms with E-state index in [4.69, 9.17) is 4.74 Å². The Bertz CT molecular complexity index is 1470. The molecule has 0 radical (unpaired) electrons. The lowest BCUT2D eigenvalue weighted by Gasteiger charge is -2.29. The average molecular weight is 610 g/mol. The minimum atomic E-state index is -3.71. The number of esters is 1. The molecule has 3 aromatic carbocycles. The first-order valence-electron chi connectivity index (χ1n) is 14.7. The number of rotatable bonds is 12. The maximum atomic E-state index is 13.2. The van der Waals surface area contributed by atoms with E-state index in [-0.39, 0.29) is 47.1 Å². The molecule has 8 nitrogen and oxygen atoms in total. The molecule has 1 aliphatic carbocycles. The third-order valence-electron chi connectivity index (χ3n) is 7.76. The van der Waals surface area contributed by atoms with Crippen molar-refractivity contribution in [1.82, 2.24) is 14.9 Å². The van der Waals surface area contributed by atoms with Crippen molar-refractivity contribution < 1.29 is 27.1 Å². The largest absolute Gasteiger partial charge is 0.465 e. The highest BCUT2D eigenvalue weighted by Crippen LogP contribution is 2.28. The number of nitrogens with one attached hydrogen (secondary N) is 2. The second-order valence-electron chi connectivity index (χ2n) is 11.2. The zero-order valence-corrected chi connectivity index (χ0v) is 25.7. The Labute approximate surface area is 253 Å². The summed E-state index contributed by atoms with van der Waals surface area (Å²) in [6.07, 6.45) is 2.31.